The van der Waals surface area contributed by atoms with Crippen LogP contribution in [0.5, 0.6) is 0 Å². The highest BCUT2D eigenvalue weighted by atomic mass is 16.1. The third-order valence-corrected chi connectivity index (χ3v) is 4.95. The summed E-state index contributed by atoms with van der Waals surface area (Å²) in [6, 6.07) is 12.1. The third-order valence-electron chi connectivity index (χ3n) is 4.95. The van der Waals surface area contributed by atoms with E-state index < -0.39 is 0 Å². The predicted molar refractivity (Wildman–Crippen MR) is 106 cm³/mol. The van der Waals surface area contributed by atoms with Gasteiger partial charge in [-0.1, -0.05) is 18.2 Å². The second kappa shape index (κ2) is 6.42. The van der Waals surface area contributed by atoms with Gasteiger partial charge in [-0.2, -0.15) is 0 Å². The summed E-state index contributed by atoms with van der Waals surface area (Å²) in [5, 5.41) is 1.03. The van der Waals surface area contributed by atoms with Crippen LogP contribution in [0.1, 0.15) is 17.5 Å². The molecule has 2 aromatic heterocycles. The summed E-state index contributed by atoms with van der Waals surface area (Å²) in [6.45, 7) is 5.54. The average molecular weight is 346 g/mol. The minimum absolute atomic E-state index is 0.164. The fourth-order valence-electron chi connectivity index (χ4n) is 3.41. The lowest BCUT2D eigenvalue weighted by atomic mass is 10.1. The summed E-state index contributed by atoms with van der Waals surface area (Å²) in [4.78, 5) is 20.5. The Labute approximate surface area is 151 Å². The molecule has 0 radical (unpaired) electrons. The molecule has 0 spiro atoms. The molecule has 0 fully saturated rings. The second-order valence-electron chi connectivity index (χ2n) is 6.76. The Hall–Kier alpha value is -2.92. The van der Waals surface area contributed by atoms with Crippen molar-refractivity contribution < 1.29 is 0 Å². The fraction of sp³-hybridized carbons (Fsp3) is 0.238. The van der Waals surface area contributed by atoms with Crippen LogP contribution < -0.4 is 11.3 Å². The summed E-state index contributed by atoms with van der Waals surface area (Å²) in [6.07, 6.45) is 2.91. The van der Waals surface area contributed by atoms with Crippen molar-refractivity contribution in [1.82, 2.24) is 14.5 Å². The van der Waals surface area contributed by atoms with Gasteiger partial charge in [0, 0.05) is 29.2 Å². The number of nitrogens with one attached hydrogen (secondary N) is 1. The van der Waals surface area contributed by atoms with Gasteiger partial charge in [0.1, 0.15) is 5.69 Å². The van der Waals surface area contributed by atoms with Gasteiger partial charge >= 0.3 is 0 Å². The lowest BCUT2D eigenvalue weighted by Crippen LogP contribution is -2.11. The molecule has 26 heavy (non-hydrogen) atoms. The zero-order valence-electron chi connectivity index (χ0n) is 15.0. The number of aryl methyl sites for hydroxylation is 3. The van der Waals surface area contributed by atoms with Crippen LogP contribution in [0.3, 0.4) is 0 Å². The van der Waals surface area contributed by atoms with Gasteiger partial charge in [-0.3, -0.25) is 4.79 Å². The molecule has 0 saturated carbocycles. The molecule has 4 rings (SSSR count). The van der Waals surface area contributed by atoms with Gasteiger partial charge in [0.05, 0.1) is 11.0 Å². The summed E-state index contributed by atoms with van der Waals surface area (Å²) in [5.74, 6) is 0. The molecule has 2 heterocycles. The SMILES string of the molecule is Cc1cc2nc(-c3cn(CCCN)c4ccccc34)c(=O)[nH]c2cc1C. The first-order valence-corrected chi connectivity index (χ1v) is 8.88. The third kappa shape index (κ3) is 2.70. The smallest absolute Gasteiger partial charge is 0.275 e. The number of aromatic nitrogens is 3. The van der Waals surface area contributed by atoms with E-state index in [0.717, 1.165) is 51.6 Å². The van der Waals surface area contributed by atoms with Crippen molar-refractivity contribution in [2.75, 3.05) is 6.54 Å². The molecule has 132 valence electrons. The molecule has 0 saturated heterocycles. The number of nitrogens with two attached hydrogens (primary N) is 1. The molecule has 3 N–H and O–H groups in total. The van der Waals surface area contributed by atoms with E-state index in [1.807, 2.05) is 43.5 Å². The van der Waals surface area contributed by atoms with E-state index in [1.165, 1.54) is 0 Å². The normalized spacial score (nSPS) is 11.5. The molecule has 0 unspecified atom stereocenters. The Bertz CT molecular complexity index is 1170. The Morgan fingerprint density at radius 3 is 2.73 bits per heavy atom. The van der Waals surface area contributed by atoms with Crippen molar-refractivity contribution in [3.63, 3.8) is 0 Å². The first-order valence-electron chi connectivity index (χ1n) is 8.88. The predicted octanol–water partition coefficient (Wildman–Crippen LogP) is 3.51. The maximum Gasteiger partial charge on any atom is 0.275 e. The minimum atomic E-state index is -0.164. The highest BCUT2D eigenvalue weighted by Crippen LogP contribution is 2.29. The fourth-order valence-corrected chi connectivity index (χ4v) is 3.41. The summed E-state index contributed by atoms with van der Waals surface area (Å²) < 4.78 is 2.16. The maximum atomic E-state index is 12.7. The van der Waals surface area contributed by atoms with E-state index >= 15 is 0 Å². The molecule has 5 nitrogen and oxygen atoms in total. The van der Waals surface area contributed by atoms with Crippen LogP contribution in [0.4, 0.5) is 0 Å². The van der Waals surface area contributed by atoms with Gasteiger partial charge < -0.3 is 15.3 Å². The Balaban J connectivity index is 1.96. The van der Waals surface area contributed by atoms with Crippen LogP contribution in [0.2, 0.25) is 0 Å². The number of benzene rings is 2. The van der Waals surface area contributed by atoms with Crippen LogP contribution in [0.15, 0.2) is 47.4 Å². The molecular formula is C21H22N4O. The number of H-pyrrole nitrogens is 1. The highest BCUT2D eigenvalue weighted by Gasteiger charge is 2.15. The second-order valence-corrected chi connectivity index (χ2v) is 6.76. The van der Waals surface area contributed by atoms with Crippen LogP contribution in [0.25, 0.3) is 33.2 Å². The zero-order chi connectivity index (χ0) is 18.3. The first-order chi connectivity index (χ1) is 12.6. The van der Waals surface area contributed by atoms with Gasteiger partial charge in [0.15, 0.2) is 0 Å². The quantitative estimate of drug-likeness (QED) is 0.594. The molecule has 2 aromatic carbocycles. The average Bonchev–Trinajstić information content (AvgIpc) is 3.00. The van der Waals surface area contributed by atoms with E-state index in [1.54, 1.807) is 0 Å². The maximum absolute atomic E-state index is 12.7. The van der Waals surface area contributed by atoms with Gasteiger partial charge in [-0.15, -0.1) is 0 Å². The number of nitrogens with zero attached hydrogens (tertiary/aromatic N) is 2. The monoisotopic (exact) mass is 346 g/mol. The highest BCUT2D eigenvalue weighted by molar-refractivity contribution is 5.95. The molecule has 5 heteroatoms. The summed E-state index contributed by atoms with van der Waals surface area (Å²) in [5.41, 5.74) is 11.8. The van der Waals surface area contributed by atoms with Gasteiger partial charge in [0.2, 0.25) is 0 Å². The van der Waals surface area contributed by atoms with E-state index in [0.29, 0.717) is 12.2 Å². The van der Waals surface area contributed by atoms with E-state index in [9.17, 15) is 4.79 Å². The molecule has 0 aliphatic carbocycles. The first kappa shape index (κ1) is 16.5. The summed E-state index contributed by atoms with van der Waals surface area (Å²) >= 11 is 0. The van der Waals surface area contributed by atoms with E-state index in [2.05, 4.69) is 22.5 Å². The topological polar surface area (TPSA) is 76.7 Å². The molecular weight excluding hydrogens is 324 g/mol. The molecule has 4 aromatic rings. The van der Waals surface area contributed by atoms with Crippen LogP contribution in [0, 0.1) is 13.8 Å². The van der Waals surface area contributed by atoms with E-state index in [-0.39, 0.29) is 5.56 Å². The standard InChI is InChI=1S/C21H22N4O/c1-13-10-17-18(11-14(13)2)24-21(26)20(23-17)16-12-25(9-5-8-22)19-7-4-3-6-15(16)19/h3-4,6-7,10-12H,5,8-9,22H2,1-2H3,(H,24,26). The van der Waals surface area contributed by atoms with Gasteiger partial charge in [0.25, 0.3) is 5.56 Å². The van der Waals surface area contributed by atoms with Crippen LogP contribution >= 0.6 is 0 Å². The van der Waals surface area contributed by atoms with E-state index in [4.69, 9.17) is 10.7 Å². The van der Waals surface area contributed by atoms with Gasteiger partial charge in [-0.05, 0) is 56.1 Å². The van der Waals surface area contributed by atoms with Crippen molar-refractivity contribution in [2.24, 2.45) is 5.73 Å². The molecule has 0 bridgehead atoms. The Morgan fingerprint density at radius 1 is 1.15 bits per heavy atom. The zero-order valence-corrected chi connectivity index (χ0v) is 15.0. The molecule has 0 aliphatic rings. The summed E-state index contributed by atoms with van der Waals surface area (Å²) in [7, 11) is 0. The number of aromatic amines is 1. The molecule has 0 aliphatic heterocycles. The largest absolute Gasteiger partial charge is 0.347 e. The van der Waals surface area contributed by atoms with Crippen LogP contribution in [-0.4, -0.2) is 21.1 Å². The Morgan fingerprint density at radius 2 is 1.92 bits per heavy atom. The van der Waals surface area contributed by atoms with Crippen molar-refractivity contribution in [3.05, 3.63) is 64.1 Å². The van der Waals surface area contributed by atoms with Crippen molar-refractivity contribution in [2.45, 2.75) is 26.8 Å². The molecule has 0 atom stereocenters. The lowest BCUT2D eigenvalue weighted by Gasteiger charge is -2.05. The van der Waals surface area contributed by atoms with Gasteiger partial charge in [-0.25, -0.2) is 4.98 Å². The number of hydrogen-bond donors (Lipinski definition) is 2. The minimum Gasteiger partial charge on any atom is -0.347 e. The Kier molecular flexibility index (Phi) is 4.09. The van der Waals surface area contributed by atoms with Crippen LogP contribution in [-0.2, 0) is 6.54 Å². The number of hydrogen-bond acceptors (Lipinski definition) is 3. The van der Waals surface area contributed by atoms with Crippen molar-refractivity contribution >= 4 is 21.9 Å². The van der Waals surface area contributed by atoms with Crippen molar-refractivity contribution in [1.29, 1.82) is 0 Å². The number of fused-ring (bicyclic) bond motifs is 2. The number of rotatable bonds is 4. The molecule has 0 amide bonds. The number of para-hydroxylation sites is 1. The lowest BCUT2D eigenvalue weighted by molar-refractivity contribution is 0.671. The van der Waals surface area contributed by atoms with Crippen molar-refractivity contribution in [3.8, 4) is 11.3 Å².